The van der Waals surface area contributed by atoms with E-state index in [1.54, 1.807) is 0 Å². The first kappa shape index (κ1) is 14.9. The van der Waals surface area contributed by atoms with Gasteiger partial charge in [-0.1, -0.05) is 38.1 Å². The van der Waals surface area contributed by atoms with Crippen molar-refractivity contribution >= 4 is 17.7 Å². The van der Waals surface area contributed by atoms with Crippen molar-refractivity contribution in [1.82, 2.24) is 4.90 Å². The summed E-state index contributed by atoms with van der Waals surface area (Å²) in [5, 5.41) is 9.81. The molecule has 0 amide bonds. The number of hydrogen-bond acceptors (Lipinski definition) is 3. The van der Waals surface area contributed by atoms with Crippen LogP contribution in [0.15, 0.2) is 24.3 Å². The van der Waals surface area contributed by atoms with E-state index in [4.69, 9.17) is 0 Å². The van der Waals surface area contributed by atoms with Crippen LogP contribution in [0.4, 0.5) is 0 Å². The van der Waals surface area contributed by atoms with Crippen molar-refractivity contribution in [3.05, 3.63) is 35.4 Å². The highest BCUT2D eigenvalue weighted by atomic mass is 32.2. The van der Waals surface area contributed by atoms with Gasteiger partial charge in [-0.05, 0) is 35.1 Å². The largest absolute Gasteiger partial charge is 0.480 e. The summed E-state index contributed by atoms with van der Waals surface area (Å²) in [4.78, 5) is 14.2. The molecule has 2 atom stereocenters. The highest BCUT2D eigenvalue weighted by Gasteiger charge is 2.43. The summed E-state index contributed by atoms with van der Waals surface area (Å²) in [6, 6.07) is 7.88. The Hall–Kier alpha value is -1.00. The summed E-state index contributed by atoms with van der Waals surface area (Å²) in [5.41, 5.74) is 2.37. The highest BCUT2D eigenvalue weighted by Crippen LogP contribution is 2.42. The Labute approximate surface area is 130 Å². The summed E-state index contributed by atoms with van der Waals surface area (Å²) in [6.45, 7) is 5.43. The number of carboxylic acid groups (broad SMARTS) is 1. The van der Waals surface area contributed by atoms with Crippen LogP contribution in [0.2, 0.25) is 0 Å². The Morgan fingerprint density at radius 3 is 2.86 bits per heavy atom. The average molecular weight is 305 g/mol. The van der Waals surface area contributed by atoms with Crippen LogP contribution in [0.5, 0.6) is 0 Å². The molecule has 0 bridgehead atoms. The van der Waals surface area contributed by atoms with Crippen molar-refractivity contribution in [2.45, 2.75) is 38.8 Å². The predicted molar refractivity (Wildman–Crippen MR) is 86.7 cm³/mol. The molecule has 0 radical (unpaired) electrons. The van der Waals surface area contributed by atoms with E-state index in [9.17, 15) is 9.90 Å². The van der Waals surface area contributed by atoms with E-state index in [1.807, 2.05) is 30.0 Å². The minimum absolute atomic E-state index is 0.186. The topological polar surface area (TPSA) is 40.5 Å². The molecule has 114 valence electrons. The molecular weight excluding hydrogens is 282 g/mol. The van der Waals surface area contributed by atoms with Gasteiger partial charge in [0.1, 0.15) is 6.04 Å². The van der Waals surface area contributed by atoms with E-state index in [0.717, 1.165) is 30.7 Å². The van der Waals surface area contributed by atoms with Gasteiger partial charge >= 0.3 is 5.97 Å². The SMILES string of the molecule is CC1(C)CCSCC1N1CCc2ccccc2C1C(=O)O. The predicted octanol–water partition coefficient (Wildman–Crippen LogP) is 3.20. The van der Waals surface area contributed by atoms with Crippen LogP contribution >= 0.6 is 11.8 Å². The van der Waals surface area contributed by atoms with Crippen LogP contribution in [0.25, 0.3) is 0 Å². The molecule has 0 saturated carbocycles. The van der Waals surface area contributed by atoms with Crippen LogP contribution < -0.4 is 0 Å². The maximum atomic E-state index is 11.9. The fraction of sp³-hybridized carbons (Fsp3) is 0.588. The molecule has 2 aliphatic rings. The van der Waals surface area contributed by atoms with Crippen LogP contribution in [-0.2, 0) is 11.2 Å². The molecule has 2 aliphatic heterocycles. The second kappa shape index (κ2) is 5.65. The number of nitrogens with zero attached hydrogens (tertiary/aromatic N) is 1. The number of rotatable bonds is 2. The Morgan fingerprint density at radius 1 is 1.38 bits per heavy atom. The van der Waals surface area contributed by atoms with Crippen molar-refractivity contribution in [1.29, 1.82) is 0 Å². The van der Waals surface area contributed by atoms with Gasteiger partial charge in [0.05, 0.1) is 0 Å². The Bertz CT molecular complexity index is 543. The van der Waals surface area contributed by atoms with Crippen LogP contribution in [0.1, 0.15) is 37.4 Å². The van der Waals surface area contributed by atoms with Gasteiger partial charge in [0.2, 0.25) is 0 Å². The zero-order valence-electron chi connectivity index (χ0n) is 12.7. The minimum Gasteiger partial charge on any atom is -0.480 e. The molecule has 1 aromatic carbocycles. The van der Waals surface area contributed by atoms with E-state index in [1.165, 1.54) is 11.3 Å². The van der Waals surface area contributed by atoms with Gasteiger partial charge in [0, 0.05) is 18.3 Å². The Balaban J connectivity index is 1.97. The van der Waals surface area contributed by atoms with E-state index >= 15 is 0 Å². The number of aliphatic carboxylic acids is 1. The van der Waals surface area contributed by atoms with Gasteiger partial charge in [0.25, 0.3) is 0 Å². The molecule has 2 unspecified atom stereocenters. The molecule has 0 aliphatic carbocycles. The molecule has 0 spiro atoms. The standard InChI is InChI=1S/C17H23NO2S/c1-17(2)8-10-21-11-14(17)18-9-7-12-5-3-4-6-13(12)15(18)16(19)20/h3-6,14-15H,7-11H2,1-2H3,(H,19,20). The quantitative estimate of drug-likeness (QED) is 0.911. The first-order chi connectivity index (χ1) is 10.0. The fourth-order valence-corrected chi connectivity index (χ4v) is 5.37. The fourth-order valence-electron chi connectivity index (χ4n) is 3.66. The van der Waals surface area contributed by atoms with Crippen LogP contribution in [0.3, 0.4) is 0 Å². The normalized spacial score (nSPS) is 28.9. The average Bonchev–Trinajstić information content (AvgIpc) is 2.45. The summed E-state index contributed by atoms with van der Waals surface area (Å²) < 4.78 is 0. The van der Waals surface area contributed by atoms with Gasteiger partial charge in [-0.25, -0.2) is 0 Å². The third-order valence-corrected chi connectivity index (χ3v) is 6.07. The number of fused-ring (bicyclic) bond motifs is 1. The van der Waals surface area contributed by atoms with Gasteiger partial charge in [-0.3, -0.25) is 9.69 Å². The monoisotopic (exact) mass is 305 g/mol. The lowest BCUT2D eigenvalue weighted by Gasteiger charge is -2.49. The van der Waals surface area contributed by atoms with Gasteiger partial charge in [0.15, 0.2) is 0 Å². The second-order valence-corrected chi connectivity index (χ2v) is 7.91. The highest BCUT2D eigenvalue weighted by molar-refractivity contribution is 7.99. The number of carbonyl (C=O) groups is 1. The zero-order valence-corrected chi connectivity index (χ0v) is 13.5. The molecular formula is C17H23NO2S. The first-order valence-electron chi connectivity index (χ1n) is 7.65. The molecule has 3 nitrogen and oxygen atoms in total. The maximum absolute atomic E-state index is 11.9. The third-order valence-electron chi connectivity index (χ3n) is 5.02. The molecule has 1 aromatic rings. The van der Waals surface area contributed by atoms with Crippen molar-refractivity contribution in [3.8, 4) is 0 Å². The molecule has 4 heteroatoms. The summed E-state index contributed by atoms with van der Waals surface area (Å²) in [6.07, 6.45) is 2.12. The number of carboxylic acids is 1. The van der Waals surface area contributed by atoms with Crippen molar-refractivity contribution in [2.75, 3.05) is 18.1 Å². The summed E-state index contributed by atoms with van der Waals surface area (Å²) in [5.74, 6) is 1.51. The molecule has 1 N–H and O–H groups in total. The first-order valence-corrected chi connectivity index (χ1v) is 8.80. The van der Waals surface area contributed by atoms with Gasteiger partial charge in [-0.2, -0.15) is 11.8 Å². The van der Waals surface area contributed by atoms with Crippen LogP contribution in [0, 0.1) is 5.41 Å². The van der Waals surface area contributed by atoms with E-state index in [-0.39, 0.29) is 5.41 Å². The number of hydrogen-bond donors (Lipinski definition) is 1. The Morgan fingerprint density at radius 2 is 2.14 bits per heavy atom. The summed E-state index contributed by atoms with van der Waals surface area (Å²) >= 11 is 1.96. The van der Waals surface area contributed by atoms with Crippen molar-refractivity contribution in [2.24, 2.45) is 5.41 Å². The van der Waals surface area contributed by atoms with E-state index < -0.39 is 12.0 Å². The lowest BCUT2D eigenvalue weighted by molar-refractivity contribution is -0.146. The van der Waals surface area contributed by atoms with E-state index in [2.05, 4.69) is 24.8 Å². The lowest BCUT2D eigenvalue weighted by atomic mass is 9.79. The van der Waals surface area contributed by atoms with Crippen molar-refractivity contribution in [3.63, 3.8) is 0 Å². The van der Waals surface area contributed by atoms with Gasteiger partial charge < -0.3 is 5.11 Å². The van der Waals surface area contributed by atoms with E-state index in [0.29, 0.717) is 6.04 Å². The van der Waals surface area contributed by atoms with Crippen molar-refractivity contribution < 1.29 is 9.90 Å². The summed E-state index contributed by atoms with van der Waals surface area (Å²) in [7, 11) is 0. The Kier molecular flexibility index (Phi) is 4.02. The van der Waals surface area contributed by atoms with Gasteiger partial charge in [-0.15, -0.1) is 0 Å². The molecule has 2 heterocycles. The lowest BCUT2D eigenvalue weighted by Crippen LogP contribution is -2.54. The zero-order chi connectivity index (χ0) is 15.0. The molecule has 1 fully saturated rings. The second-order valence-electron chi connectivity index (χ2n) is 6.76. The van der Waals surface area contributed by atoms with Crippen LogP contribution in [-0.4, -0.2) is 40.1 Å². The smallest absolute Gasteiger partial charge is 0.325 e. The number of benzene rings is 1. The third kappa shape index (κ3) is 2.71. The number of thioether (sulfide) groups is 1. The molecule has 1 saturated heterocycles. The molecule has 21 heavy (non-hydrogen) atoms. The molecule has 0 aromatic heterocycles. The maximum Gasteiger partial charge on any atom is 0.325 e. The minimum atomic E-state index is -0.714. The molecule has 3 rings (SSSR count).